The highest BCUT2D eigenvalue weighted by atomic mass is 32.2. The molecule has 6 heteroatoms. The van der Waals surface area contributed by atoms with Gasteiger partial charge in [-0.15, -0.1) is 11.8 Å². The van der Waals surface area contributed by atoms with Crippen LogP contribution in [0, 0.1) is 5.92 Å². The highest BCUT2D eigenvalue weighted by Crippen LogP contribution is 2.15. The van der Waals surface area contributed by atoms with Crippen LogP contribution in [0.2, 0.25) is 0 Å². The molecule has 126 valence electrons. The first kappa shape index (κ1) is 17.8. The zero-order valence-corrected chi connectivity index (χ0v) is 14.7. The summed E-state index contributed by atoms with van der Waals surface area (Å²) in [6, 6.07) is 8.27. The molecule has 1 saturated heterocycles. The summed E-state index contributed by atoms with van der Waals surface area (Å²) < 4.78 is 0. The molecule has 2 rings (SSSR count). The summed E-state index contributed by atoms with van der Waals surface area (Å²) in [5.74, 6) is -0.216. The maximum atomic E-state index is 12.4. The van der Waals surface area contributed by atoms with Gasteiger partial charge < -0.3 is 15.5 Å². The number of hydrogen-bond donors (Lipinski definition) is 2. The standard InChI is InChI=1S/C17H25N3O2S/c1-19(10-13-5-7-15(23-2)8-6-13)16(21)12-20-9-3-4-14(11-20)17(18)22/h5-8,14H,3-4,9-12H2,1-2H3,(H2,18,22)/p+1/t14-/m0/s1. The third-order valence-corrected chi connectivity index (χ3v) is 5.17. The number of primary amides is 1. The number of nitrogens with one attached hydrogen (secondary N) is 1. The number of thioether (sulfide) groups is 1. The normalized spacial score (nSPS) is 21.0. The van der Waals surface area contributed by atoms with Crippen molar-refractivity contribution in [1.82, 2.24) is 4.90 Å². The summed E-state index contributed by atoms with van der Waals surface area (Å²) >= 11 is 1.71. The fraction of sp³-hybridized carbons (Fsp3) is 0.529. The van der Waals surface area contributed by atoms with Crippen LogP contribution in [0.5, 0.6) is 0 Å². The number of amides is 2. The second-order valence-corrected chi connectivity index (χ2v) is 7.10. The molecule has 0 bridgehead atoms. The van der Waals surface area contributed by atoms with Gasteiger partial charge in [-0.1, -0.05) is 12.1 Å². The van der Waals surface area contributed by atoms with E-state index in [4.69, 9.17) is 5.73 Å². The number of piperidine rings is 1. The molecular formula is C17H26N3O2S+. The van der Waals surface area contributed by atoms with Gasteiger partial charge in [-0.05, 0) is 36.8 Å². The molecule has 1 aromatic rings. The van der Waals surface area contributed by atoms with Crippen molar-refractivity contribution in [3.8, 4) is 0 Å². The number of nitrogens with two attached hydrogens (primary N) is 1. The molecule has 0 saturated carbocycles. The van der Waals surface area contributed by atoms with Gasteiger partial charge in [0.05, 0.1) is 19.0 Å². The van der Waals surface area contributed by atoms with Crippen molar-refractivity contribution in [3.05, 3.63) is 29.8 Å². The summed E-state index contributed by atoms with van der Waals surface area (Å²) in [5.41, 5.74) is 6.52. The maximum absolute atomic E-state index is 12.4. The molecule has 2 atom stereocenters. The monoisotopic (exact) mass is 336 g/mol. The Hall–Kier alpha value is -1.53. The van der Waals surface area contributed by atoms with E-state index in [1.807, 2.05) is 13.3 Å². The lowest BCUT2D eigenvalue weighted by Gasteiger charge is -2.29. The van der Waals surface area contributed by atoms with Crippen LogP contribution in [0.15, 0.2) is 29.2 Å². The van der Waals surface area contributed by atoms with Crippen LogP contribution in [-0.4, -0.2) is 49.7 Å². The predicted molar refractivity (Wildman–Crippen MR) is 92.2 cm³/mol. The first-order valence-corrected chi connectivity index (χ1v) is 9.22. The molecule has 23 heavy (non-hydrogen) atoms. The van der Waals surface area contributed by atoms with E-state index in [0.29, 0.717) is 19.6 Å². The Bertz CT molecular complexity index is 547. The van der Waals surface area contributed by atoms with Crippen molar-refractivity contribution >= 4 is 23.6 Å². The van der Waals surface area contributed by atoms with Crippen LogP contribution in [0.1, 0.15) is 18.4 Å². The number of hydrogen-bond acceptors (Lipinski definition) is 3. The van der Waals surface area contributed by atoms with E-state index in [0.717, 1.165) is 29.8 Å². The molecule has 0 aromatic heterocycles. The predicted octanol–water partition coefficient (Wildman–Crippen LogP) is 0.147. The van der Waals surface area contributed by atoms with Crippen molar-refractivity contribution in [2.45, 2.75) is 24.3 Å². The zero-order chi connectivity index (χ0) is 16.8. The highest BCUT2D eigenvalue weighted by molar-refractivity contribution is 7.98. The lowest BCUT2D eigenvalue weighted by atomic mass is 9.97. The van der Waals surface area contributed by atoms with Crippen LogP contribution in [0.3, 0.4) is 0 Å². The van der Waals surface area contributed by atoms with Gasteiger partial charge in [-0.25, -0.2) is 0 Å². The summed E-state index contributed by atoms with van der Waals surface area (Å²) in [7, 11) is 1.83. The van der Waals surface area contributed by atoms with Crippen LogP contribution in [0.25, 0.3) is 0 Å². The fourth-order valence-electron chi connectivity index (χ4n) is 3.00. The van der Waals surface area contributed by atoms with Gasteiger partial charge in [0.25, 0.3) is 5.91 Å². The third kappa shape index (κ3) is 5.25. The number of benzene rings is 1. The average molecular weight is 336 g/mol. The van der Waals surface area contributed by atoms with Crippen LogP contribution >= 0.6 is 11.8 Å². The summed E-state index contributed by atoms with van der Waals surface area (Å²) in [4.78, 5) is 27.9. The van der Waals surface area contributed by atoms with Gasteiger partial charge in [0.2, 0.25) is 5.91 Å². The van der Waals surface area contributed by atoms with Crippen molar-refractivity contribution in [2.75, 3.05) is 32.9 Å². The fourth-order valence-corrected chi connectivity index (χ4v) is 3.40. The van der Waals surface area contributed by atoms with E-state index >= 15 is 0 Å². The Morgan fingerprint density at radius 1 is 1.35 bits per heavy atom. The van der Waals surface area contributed by atoms with E-state index in [1.54, 1.807) is 16.7 Å². The number of nitrogens with zero attached hydrogens (tertiary/aromatic N) is 1. The molecule has 0 radical (unpaired) electrons. The second kappa shape index (κ2) is 8.36. The second-order valence-electron chi connectivity index (χ2n) is 6.22. The van der Waals surface area contributed by atoms with Gasteiger partial charge in [0.15, 0.2) is 6.54 Å². The molecule has 1 fully saturated rings. The molecule has 1 aliphatic heterocycles. The number of carbonyl (C=O) groups is 2. The van der Waals surface area contributed by atoms with Crippen molar-refractivity contribution < 1.29 is 14.5 Å². The smallest absolute Gasteiger partial charge is 0.277 e. The topological polar surface area (TPSA) is 67.8 Å². The highest BCUT2D eigenvalue weighted by Gasteiger charge is 2.29. The van der Waals surface area contributed by atoms with E-state index < -0.39 is 0 Å². The lowest BCUT2D eigenvalue weighted by Crippen LogP contribution is -3.14. The Labute approximate surface area is 142 Å². The zero-order valence-electron chi connectivity index (χ0n) is 13.9. The Morgan fingerprint density at radius 2 is 2.04 bits per heavy atom. The van der Waals surface area contributed by atoms with Crippen LogP contribution in [-0.2, 0) is 16.1 Å². The van der Waals surface area contributed by atoms with Crippen molar-refractivity contribution in [1.29, 1.82) is 0 Å². The van der Waals surface area contributed by atoms with E-state index in [-0.39, 0.29) is 17.7 Å². The third-order valence-electron chi connectivity index (χ3n) is 4.43. The quantitative estimate of drug-likeness (QED) is 0.727. The Morgan fingerprint density at radius 3 is 2.65 bits per heavy atom. The maximum Gasteiger partial charge on any atom is 0.277 e. The largest absolute Gasteiger partial charge is 0.369 e. The average Bonchev–Trinajstić information content (AvgIpc) is 2.55. The van der Waals surface area contributed by atoms with Crippen molar-refractivity contribution in [3.63, 3.8) is 0 Å². The van der Waals surface area contributed by atoms with Crippen molar-refractivity contribution in [2.24, 2.45) is 11.7 Å². The molecular weight excluding hydrogens is 310 g/mol. The first-order valence-electron chi connectivity index (χ1n) is 7.99. The van der Waals surface area contributed by atoms with Crippen LogP contribution < -0.4 is 10.6 Å². The molecule has 1 aromatic carbocycles. The lowest BCUT2D eigenvalue weighted by molar-refractivity contribution is -0.899. The minimum absolute atomic E-state index is 0.0871. The number of quaternary nitrogens is 1. The molecule has 5 nitrogen and oxygen atoms in total. The van der Waals surface area contributed by atoms with Gasteiger partial charge >= 0.3 is 0 Å². The molecule has 0 aliphatic carbocycles. The summed E-state index contributed by atoms with van der Waals surface area (Å²) in [6.45, 7) is 2.66. The molecule has 0 spiro atoms. The van der Waals surface area contributed by atoms with Gasteiger partial charge in [-0.2, -0.15) is 0 Å². The number of likely N-dealkylation sites (N-methyl/N-ethyl adjacent to an activating group) is 1. The van der Waals surface area contributed by atoms with E-state index in [1.165, 1.54) is 4.90 Å². The number of rotatable bonds is 6. The molecule has 2 amide bonds. The van der Waals surface area contributed by atoms with Gasteiger partial charge in [0, 0.05) is 18.5 Å². The molecule has 1 aliphatic rings. The molecule has 1 heterocycles. The minimum atomic E-state index is -0.239. The SMILES string of the molecule is CSc1ccc(CN(C)C(=O)C[NH+]2CCC[C@H](C(N)=O)C2)cc1. The van der Waals surface area contributed by atoms with Gasteiger partial charge in [0.1, 0.15) is 0 Å². The Balaban J connectivity index is 1.85. The summed E-state index contributed by atoms with van der Waals surface area (Å²) in [6.07, 6.45) is 3.85. The first-order chi connectivity index (χ1) is 11.0. The molecule has 1 unspecified atom stereocenters. The van der Waals surface area contributed by atoms with Crippen LogP contribution in [0.4, 0.5) is 0 Å². The van der Waals surface area contributed by atoms with E-state index in [9.17, 15) is 9.59 Å². The van der Waals surface area contributed by atoms with Gasteiger partial charge in [-0.3, -0.25) is 9.59 Å². The Kier molecular flexibility index (Phi) is 6.47. The number of likely N-dealkylation sites (tertiary alicyclic amines) is 1. The van der Waals surface area contributed by atoms with E-state index in [2.05, 4.69) is 24.3 Å². The molecule has 3 N–H and O–H groups in total. The number of carbonyl (C=O) groups excluding carboxylic acids is 2. The summed E-state index contributed by atoms with van der Waals surface area (Å²) in [5, 5.41) is 0. The minimum Gasteiger partial charge on any atom is -0.369 e.